The van der Waals surface area contributed by atoms with Crippen molar-refractivity contribution in [2.75, 3.05) is 24.5 Å². The van der Waals surface area contributed by atoms with E-state index < -0.39 is 17.7 Å². The average Bonchev–Trinajstić information content (AvgIpc) is 2.85. The maximum Gasteiger partial charge on any atom is 0.407 e. The quantitative estimate of drug-likeness (QED) is 0.425. The number of hydrogen-bond acceptors (Lipinski definition) is 7. The van der Waals surface area contributed by atoms with E-state index in [2.05, 4.69) is 20.2 Å². The average molecular weight is 495 g/mol. The zero-order valence-electron chi connectivity index (χ0n) is 21.0. The van der Waals surface area contributed by atoms with E-state index >= 15 is 0 Å². The summed E-state index contributed by atoms with van der Waals surface area (Å²) < 4.78 is 5.29. The lowest BCUT2D eigenvalue weighted by atomic mass is 9.97. The third-order valence-corrected chi connectivity index (χ3v) is 5.67. The fourth-order valence-electron chi connectivity index (χ4n) is 3.86. The summed E-state index contributed by atoms with van der Waals surface area (Å²) in [5, 5.41) is 2.84. The molecule has 1 aromatic carbocycles. The summed E-state index contributed by atoms with van der Waals surface area (Å²) in [6.45, 7) is 7.69. The number of amides is 3. The number of rotatable bonds is 8. The highest BCUT2D eigenvalue weighted by Crippen LogP contribution is 2.21. The second kappa shape index (κ2) is 12.1. The molecule has 0 aliphatic carbocycles. The van der Waals surface area contributed by atoms with Gasteiger partial charge in [-0.05, 0) is 57.2 Å². The number of hydrogen-bond donors (Lipinski definition) is 2. The topological polar surface area (TPSA) is 131 Å². The van der Waals surface area contributed by atoms with Crippen LogP contribution in [0, 0.1) is 5.92 Å². The first-order valence-corrected chi connectivity index (χ1v) is 12.0. The van der Waals surface area contributed by atoms with Crippen LogP contribution in [0.5, 0.6) is 0 Å². The number of alkyl carbamates (subject to hydrolysis) is 1. The lowest BCUT2D eigenvalue weighted by molar-refractivity contribution is -0.105. The van der Waals surface area contributed by atoms with Crippen LogP contribution in [-0.2, 0) is 16.1 Å². The molecule has 0 saturated carbocycles. The highest BCUT2D eigenvalue weighted by atomic mass is 16.6. The minimum atomic E-state index is -0.728. The number of primary amides is 1. The first kappa shape index (κ1) is 26.7. The molecule has 1 aliphatic rings. The van der Waals surface area contributed by atoms with Crippen molar-refractivity contribution in [1.82, 2.24) is 20.2 Å². The van der Waals surface area contributed by atoms with Crippen LogP contribution in [0.15, 0.2) is 48.3 Å². The fraction of sp³-hybridized carbons (Fsp3) is 0.423. The number of urea groups is 1. The van der Waals surface area contributed by atoms with Crippen LogP contribution < -0.4 is 16.0 Å². The number of carbonyl (C=O) groups excluding carboxylic acids is 3. The monoisotopic (exact) mass is 494 g/mol. The molecule has 0 bridgehead atoms. The summed E-state index contributed by atoms with van der Waals surface area (Å²) >= 11 is 0. The lowest BCUT2D eigenvalue weighted by Crippen LogP contribution is -2.40. The molecule has 2 heterocycles. The first-order chi connectivity index (χ1) is 17.1. The molecule has 1 fully saturated rings. The Morgan fingerprint density at radius 2 is 1.89 bits per heavy atom. The Morgan fingerprint density at radius 3 is 2.50 bits per heavy atom. The second-order valence-electron chi connectivity index (χ2n) is 9.69. The van der Waals surface area contributed by atoms with E-state index in [0.29, 0.717) is 30.4 Å². The van der Waals surface area contributed by atoms with E-state index in [0.717, 1.165) is 31.5 Å². The molecule has 10 nitrogen and oxygen atoms in total. The van der Waals surface area contributed by atoms with Gasteiger partial charge >= 0.3 is 12.1 Å². The molecule has 3 rings (SSSR count). The highest BCUT2D eigenvalue weighted by Gasteiger charge is 2.23. The van der Waals surface area contributed by atoms with Crippen molar-refractivity contribution in [2.24, 2.45) is 11.7 Å². The molecule has 1 aromatic heterocycles. The molecule has 10 heteroatoms. The Balaban J connectivity index is 1.62. The van der Waals surface area contributed by atoms with Gasteiger partial charge in [-0.25, -0.2) is 19.6 Å². The normalized spacial score (nSPS) is 14.8. The first-order valence-electron chi connectivity index (χ1n) is 12.0. The van der Waals surface area contributed by atoms with Gasteiger partial charge in [-0.2, -0.15) is 0 Å². The molecular formula is C26H34N6O4. The van der Waals surface area contributed by atoms with Gasteiger partial charge in [0.05, 0.1) is 17.9 Å². The van der Waals surface area contributed by atoms with Crippen molar-refractivity contribution in [1.29, 1.82) is 0 Å². The van der Waals surface area contributed by atoms with Crippen LogP contribution in [0.2, 0.25) is 0 Å². The number of piperidine rings is 1. The summed E-state index contributed by atoms with van der Waals surface area (Å²) in [7, 11) is 0. The van der Waals surface area contributed by atoms with Gasteiger partial charge in [-0.15, -0.1) is 0 Å². The molecule has 0 atom stereocenters. The van der Waals surface area contributed by atoms with Crippen LogP contribution >= 0.6 is 0 Å². The molecule has 0 unspecified atom stereocenters. The Bertz CT molecular complexity index is 1080. The van der Waals surface area contributed by atoms with Gasteiger partial charge < -0.3 is 20.7 Å². The van der Waals surface area contributed by atoms with Gasteiger partial charge in [0.15, 0.2) is 6.29 Å². The van der Waals surface area contributed by atoms with Crippen LogP contribution in [-0.4, -0.2) is 58.5 Å². The Hall–Kier alpha value is -3.95. The Labute approximate surface area is 211 Å². The highest BCUT2D eigenvalue weighted by molar-refractivity contribution is 5.88. The van der Waals surface area contributed by atoms with Crippen molar-refractivity contribution in [2.45, 2.75) is 45.8 Å². The van der Waals surface area contributed by atoms with Gasteiger partial charge in [-0.1, -0.05) is 30.3 Å². The molecule has 2 aromatic rings. The van der Waals surface area contributed by atoms with E-state index in [9.17, 15) is 14.4 Å². The molecule has 0 spiro atoms. The molecule has 0 radical (unpaired) electrons. The number of aldehydes is 1. The number of benzene rings is 1. The van der Waals surface area contributed by atoms with Gasteiger partial charge in [0.25, 0.3) is 0 Å². The van der Waals surface area contributed by atoms with E-state index in [1.807, 2.05) is 51.1 Å². The van der Waals surface area contributed by atoms with Crippen LogP contribution in [0.25, 0.3) is 6.08 Å². The molecule has 192 valence electrons. The van der Waals surface area contributed by atoms with Crippen LogP contribution in [0.4, 0.5) is 15.5 Å². The van der Waals surface area contributed by atoms with Gasteiger partial charge in [-0.3, -0.25) is 9.69 Å². The third-order valence-electron chi connectivity index (χ3n) is 5.67. The molecule has 3 N–H and O–H groups in total. The van der Waals surface area contributed by atoms with Gasteiger partial charge in [0.1, 0.15) is 5.60 Å². The number of nitrogens with two attached hydrogens (primary N) is 1. The van der Waals surface area contributed by atoms with E-state index in [1.165, 1.54) is 11.0 Å². The summed E-state index contributed by atoms with van der Waals surface area (Å²) in [4.78, 5) is 48.1. The van der Waals surface area contributed by atoms with Crippen LogP contribution in [0.1, 0.15) is 44.9 Å². The van der Waals surface area contributed by atoms with Crippen LogP contribution in [0.3, 0.4) is 0 Å². The molecule has 1 saturated heterocycles. The largest absolute Gasteiger partial charge is 0.444 e. The zero-order valence-corrected chi connectivity index (χ0v) is 21.0. The summed E-state index contributed by atoms with van der Waals surface area (Å²) in [6, 6.07) is 10.2. The standard InChI is InChI=1S/C26H34N6O4/c1-26(2,3)36-25(35)29-16-19-10-13-31(14-11-19)24-28-12-9-21(30-24)15-22(18-33)32(23(27)34)17-20-7-5-4-6-8-20/h4-9,12,15,18-19H,10-11,13-14,16-17H2,1-3H3,(H2,27,34)(H,29,35)/b22-15-. The van der Waals surface area contributed by atoms with Crippen molar-refractivity contribution >= 4 is 30.4 Å². The smallest absolute Gasteiger partial charge is 0.407 e. The predicted molar refractivity (Wildman–Crippen MR) is 137 cm³/mol. The SMILES string of the molecule is CC(C)(C)OC(=O)NCC1CCN(c2nccc(/C=C(/C=O)N(Cc3ccccc3)C(N)=O)n2)CC1. The van der Waals surface area contributed by atoms with Gasteiger partial charge in [0.2, 0.25) is 5.95 Å². The molecule has 1 aliphatic heterocycles. The summed E-state index contributed by atoms with van der Waals surface area (Å²) in [5.41, 5.74) is 6.49. The number of carbonyl (C=O) groups is 3. The number of anilines is 1. The summed E-state index contributed by atoms with van der Waals surface area (Å²) in [6.07, 6.45) is 5.08. The molecule has 3 amide bonds. The maximum atomic E-state index is 12.1. The molecule has 36 heavy (non-hydrogen) atoms. The van der Waals surface area contributed by atoms with E-state index in [-0.39, 0.29) is 12.2 Å². The van der Waals surface area contributed by atoms with Crippen molar-refractivity contribution in [3.63, 3.8) is 0 Å². The van der Waals surface area contributed by atoms with Crippen molar-refractivity contribution in [3.8, 4) is 0 Å². The minimum Gasteiger partial charge on any atom is -0.444 e. The Kier molecular flexibility index (Phi) is 8.99. The minimum absolute atomic E-state index is 0.114. The van der Waals surface area contributed by atoms with E-state index in [4.69, 9.17) is 10.5 Å². The number of aromatic nitrogens is 2. The number of nitrogens with one attached hydrogen (secondary N) is 1. The van der Waals surface area contributed by atoms with Crippen molar-refractivity contribution in [3.05, 3.63) is 59.5 Å². The zero-order chi connectivity index (χ0) is 26.1. The molecular weight excluding hydrogens is 460 g/mol. The third kappa shape index (κ3) is 8.07. The number of nitrogens with zero attached hydrogens (tertiary/aromatic N) is 4. The number of allylic oxidation sites excluding steroid dienone is 1. The predicted octanol–water partition coefficient (Wildman–Crippen LogP) is 3.34. The van der Waals surface area contributed by atoms with Crippen molar-refractivity contribution < 1.29 is 19.1 Å². The lowest BCUT2D eigenvalue weighted by Gasteiger charge is -2.32. The van der Waals surface area contributed by atoms with Gasteiger partial charge in [0, 0.05) is 25.8 Å². The number of ether oxygens (including phenoxy) is 1. The maximum absolute atomic E-state index is 12.1. The summed E-state index contributed by atoms with van der Waals surface area (Å²) in [5.74, 6) is 0.877. The van der Waals surface area contributed by atoms with E-state index in [1.54, 1.807) is 12.3 Å². The Morgan fingerprint density at radius 1 is 1.19 bits per heavy atom. The fourth-order valence-corrected chi connectivity index (χ4v) is 3.86. The second-order valence-corrected chi connectivity index (χ2v) is 9.69.